The van der Waals surface area contributed by atoms with Gasteiger partial charge in [-0.15, -0.1) is 5.10 Å². The summed E-state index contributed by atoms with van der Waals surface area (Å²) in [4.78, 5) is 1.70. The minimum absolute atomic E-state index is 0.0609. The summed E-state index contributed by atoms with van der Waals surface area (Å²) in [7, 11) is 0.0104. The van der Waals surface area contributed by atoms with Crippen LogP contribution in [0.15, 0.2) is 29.2 Å². The number of nitrogen functional groups attached to an aromatic ring is 1. The number of benzene rings is 1. The summed E-state index contributed by atoms with van der Waals surface area (Å²) in [6, 6.07) is 7.54. The van der Waals surface area contributed by atoms with Crippen LogP contribution < -0.4 is 10.6 Å². The summed E-state index contributed by atoms with van der Waals surface area (Å²) < 4.78 is 25.4. The Balaban J connectivity index is 2.79. The van der Waals surface area contributed by atoms with Crippen LogP contribution >= 0.6 is 0 Å². The van der Waals surface area contributed by atoms with Crippen molar-refractivity contribution in [1.82, 2.24) is 9.78 Å². The zero-order valence-electron chi connectivity index (χ0n) is 12.0. The van der Waals surface area contributed by atoms with Crippen LogP contribution in [0.2, 0.25) is 0 Å². The van der Waals surface area contributed by atoms with Crippen molar-refractivity contribution >= 4 is 21.5 Å². The van der Waals surface area contributed by atoms with Crippen LogP contribution in [0.25, 0.3) is 5.69 Å². The van der Waals surface area contributed by atoms with E-state index in [9.17, 15) is 8.42 Å². The van der Waals surface area contributed by atoms with Crippen molar-refractivity contribution in [1.29, 1.82) is 0 Å². The SMILES string of the molecule is Cc1ccccc1-n1nc(N(C)C)c(S(C)(=O)=O)c1N. The molecule has 2 N–H and O–H groups in total. The number of hydrogen-bond acceptors (Lipinski definition) is 5. The number of anilines is 2. The first-order chi connectivity index (χ1) is 9.23. The summed E-state index contributed by atoms with van der Waals surface area (Å²) in [5.41, 5.74) is 7.76. The molecule has 0 spiro atoms. The number of nitrogens with zero attached hydrogens (tertiary/aromatic N) is 3. The highest BCUT2D eigenvalue weighted by atomic mass is 32.2. The molecule has 6 nitrogen and oxygen atoms in total. The van der Waals surface area contributed by atoms with Gasteiger partial charge in [-0.3, -0.25) is 0 Å². The molecule has 1 aromatic carbocycles. The van der Waals surface area contributed by atoms with Crippen LogP contribution in [-0.2, 0) is 9.84 Å². The van der Waals surface area contributed by atoms with Crippen molar-refractivity contribution in [2.75, 3.05) is 31.0 Å². The van der Waals surface area contributed by atoms with Gasteiger partial charge in [0.15, 0.2) is 20.6 Å². The second kappa shape index (κ2) is 4.82. The molecule has 1 aromatic heterocycles. The Morgan fingerprint density at radius 3 is 2.30 bits per heavy atom. The smallest absolute Gasteiger partial charge is 0.182 e. The fourth-order valence-electron chi connectivity index (χ4n) is 2.04. The zero-order chi connectivity index (χ0) is 15.1. The van der Waals surface area contributed by atoms with Crippen molar-refractivity contribution in [3.63, 3.8) is 0 Å². The molecule has 7 heteroatoms. The molecule has 0 atom stereocenters. The number of aryl methyl sites for hydroxylation is 1. The average Bonchev–Trinajstić information content (AvgIpc) is 2.67. The number of hydrogen-bond donors (Lipinski definition) is 1. The Labute approximate surface area is 118 Å². The molecule has 0 unspecified atom stereocenters. The standard InChI is InChI=1S/C13H18N4O2S/c1-9-7-5-6-8-10(9)17-12(14)11(20(4,18)19)13(15-17)16(2)3/h5-8H,14H2,1-4H3. The molecule has 0 fully saturated rings. The van der Waals surface area contributed by atoms with Crippen LogP contribution in [0.4, 0.5) is 11.6 Å². The molecule has 108 valence electrons. The topological polar surface area (TPSA) is 81.2 Å². The van der Waals surface area contributed by atoms with Crippen molar-refractivity contribution < 1.29 is 8.42 Å². The Bertz CT molecular complexity index is 748. The molecule has 0 saturated carbocycles. The summed E-state index contributed by atoms with van der Waals surface area (Å²) in [5.74, 6) is 0.471. The van der Waals surface area contributed by atoms with Crippen molar-refractivity contribution in [2.45, 2.75) is 11.8 Å². The maximum Gasteiger partial charge on any atom is 0.182 e. The van der Waals surface area contributed by atoms with Crippen molar-refractivity contribution in [3.05, 3.63) is 29.8 Å². The van der Waals surface area contributed by atoms with Gasteiger partial charge in [-0.2, -0.15) is 0 Å². The van der Waals surface area contributed by atoms with E-state index in [2.05, 4.69) is 5.10 Å². The largest absolute Gasteiger partial charge is 0.382 e. The van der Waals surface area contributed by atoms with Crippen molar-refractivity contribution in [3.8, 4) is 5.69 Å². The van der Waals surface area contributed by atoms with E-state index in [1.807, 2.05) is 31.2 Å². The molecular formula is C13H18N4O2S. The first-order valence-electron chi connectivity index (χ1n) is 6.05. The van der Waals surface area contributed by atoms with Crippen LogP contribution in [0.1, 0.15) is 5.56 Å². The third-order valence-corrected chi connectivity index (χ3v) is 4.13. The predicted octanol–water partition coefficient (Wildman–Crippen LogP) is 1.23. The number of aromatic nitrogens is 2. The van der Waals surface area contributed by atoms with Gasteiger partial charge in [-0.1, -0.05) is 18.2 Å². The van der Waals surface area contributed by atoms with Crippen LogP contribution in [0.3, 0.4) is 0 Å². The van der Waals surface area contributed by atoms with Gasteiger partial charge in [0.05, 0.1) is 5.69 Å². The van der Waals surface area contributed by atoms with E-state index in [1.165, 1.54) is 4.68 Å². The molecule has 0 aliphatic rings. The monoisotopic (exact) mass is 294 g/mol. The molecule has 0 bridgehead atoms. The maximum atomic E-state index is 11.9. The zero-order valence-corrected chi connectivity index (χ0v) is 12.8. The van der Waals surface area contributed by atoms with Gasteiger partial charge in [0, 0.05) is 20.4 Å². The number of rotatable bonds is 3. The Morgan fingerprint density at radius 2 is 1.85 bits per heavy atom. The predicted molar refractivity (Wildman–Crippen MR) is 80.2 cm³/mol. The lowest BCUT2D eigenvalue weighted by Gasteiger charge is -2.09. The van der Waals surface area contributed by atoms with Gasteiger partial charge < -0.3 is 10.6 Å². The summed E-state index contributed by atoms with van der Waals surface area (Å²) in [6.07, 6.45) is 1.13. The highest BCUT2D eigenvalue weighted by molar-refractivity contribution is 7.91. The minimum Gasteiger partial charge on any atom is -0.382 e. The maximum absolute atomic E-state index is 11.9. The summed E-state index contributed by atoms with van der Waals surface area (Å²) >= 11 is 0. The first-order valence-corrected chi connectivity index (χ1v) is 7.94. The lowest BCUT2D eigenvalue weighted by Crippen LogP contribution is -2.13. The second-order valence-corrected chi connectivity index (χ2v) is 6.86. The number of sulfone groups is 1. The number of nitrogens with two attached hydrogens (primary N) is 1. The summed E-state index contributed by atoms with van der Waals surface area (Å²) in [5, 5.41) is 4.35. The summed E-state index contributed by atoms with van der Waals surface area (Å²) in [6.45, 7) is 1.92. The molecule has 0 radical (unpaired) electrons. The van der Waals surface area contributed by atoms with E-state index < -0.39 is 9.84 Å². The van der Waals surface area contributed by atoms with Gasteiger partial charge in [-0.25, -0.2) is 13.1 Å². The Morgan fingerprint density at radius 1 is 1.25 bits per heavy atom. The first kappa shape index (κ1) is 14.4. The van der Waals surface area contributed by atoms with E-state index in [0.717, 1.165) is 17.5 Å². The lowest BCUT2D eigenvalue weighted by molar-refractivity contribution is 0.602. The minimum atomic E-state index is -3.46. The fourth-order valence-corrected chi connectivity index (χ4v) is 3.06. The van der Waals surface area contributed by atoms with Crippen LogP contribution in [0.5, 0.6) is 0 Å². The molecule has 0 aliphatic heterocycles. The van der Waals surface area contributed by atoms with E-state index in [4.69, 9.17) is 5.73 Å². The molecular weight excluding hydrogens is 276 g/mol. The highest BCUT2D eigenvalue weighted by Gasteiger charge is 2.26. The van der Waals surface area contributed by atoms with E-state index in [0.29, 0.717) is 5.82 Å². The molecule has 0 aliphatic carbocycles. The molecule has 20 heavy (non-hydrogen) atoms. The van der Waals surface area contributed by atoms with Gasteiger partial charge in [0.25, 0.3) is 0 Å². The molecule has 0 amide bonds. The molecule has 2 rings (SSSR count). The molecule has 2 aromatic rings. The van der Waals surface area contributed by atoms with Gasteiger partial charge >= 0.3 is 0 Å². The Hall–Kier alpha value is -2.02. The van der Waals surface area contributed by atoms with E-state index in [-0.39, 0.29) is 10.7 Å². The highest BCUT2D eigenvalue weighted by Crippen LogP contribution is 2.31. The fraction of sp³-hybridized carbons (Fsp3) is 0.308. The Kier molecular flexibility index (Phi) is 3.47. The third kappa shape index (κ3) is 2.36. The lowest BCUT2D eigenvalue weighted by atomic mass is 10.2. The van der Waals surface area contributed by atoms with E-state index >= 15 is 0 Å². The third-order valence-electron chi connectivity index (χ3n) is 3.00. The number of para-hydroxylation sites is 1. The average molecular weight is 294 g/mol. The van der Waals surface area contributed by atoms with Crippen LogP contribution in [-0.4, -0.2) is 38.5 Å². The van der Waals surface area contributed by atoms with E-state index in [1.54, 1.807) is 19.0 Å². The van der Waals surface area contributed by atoms with Gasteiger partial charge in [-0.05, 0) is 18.6 Å². The van der Waals surface area contributed by atoms with Gasteiger partial charge in [0.2, 0.25) is 0 Å². The van der Waals surface area contributed by atoms with Gasteiger partial charge in [0.1, 0.15) is 5.82 Å². The quantitative estimate of drug-likeness (QED) is 0.921. The molecule has 0 saturated heterocycles. The van der Waals surface area contributed by atoms with Crippen molar-refractivity contribution in [2.24, 2.45) is 0 Å². The second-order valence-electron chi connectivity index (χ2n) is 4.90. The normalized spacial score (nSPS) is 11.6. The van der Waals surface area contributed by atoms with Crippen LogP contribution in [0, 0.1) is 6.92 Å². The molecule has 1 heterocycles.